The fraction of sp³-hybridized carbons (Fsp3) is 0.444. The second-order valence-corrected chi connectivity index (χ2v) is 10.00. The number of nitrogens with one attached hydrogen (secondary N) is 1. The van der Waals surface area contributed by atoms with Crippen molar-refractivity contribution < 1.29 is 14.3 Å². The molecule has 0 saturated heterocycles. The van der Waals surface area contributed by atoms with Gasteiger partial charge < -0.3 is 24.3 Å². The molecule has 1 aliphatic heterocycles. The van der Waals surface area contributed by atoms with Crippen LogP contribution >= 0.6 is 11.3 Å². The first-order valence-electron chi connectivity index (χ1n) is 12.3. The lowest BCUT2D eigenvalue weighted by atomic mass is 9.95. The lowest BCUT2D eigenvalue weighted by molar-refractivity contribution is 0.174. The monoisotopic (exact) mass is 479 g/mol. The highest BCUT2D eigenvalue weighted by molar-refractivity contribution is 7.15. The Kier molecular flexibility index (Phi) is 6.92. The third-order valence-electron chi connectivity index (χ3n) is 6.73. The molecule has 0 spiro atoms. The van der Waals surface area contributed by atoms with Gasteiger partial charge in [0.15, 0.2) is 0 Å². The van der Waals surface area contributed by atoms with Crippen LogP contribution in [0.5, 0.6) is 5.75 Å². The van der Waals surface area contributed by atoms with Crippen LogP contribution in [0.3, 0.4) is 0 Å². The van der Waals surface area contributed by atoms with Gasteiger partial charge in [-0.05, 0) is 74.4 Å². The summed E-state index contributed by atoms with van der Waals surface area (Å²) in [6, 6.07) is 12.2. The van der Waals surface area contributed by atoms with Crippen molar-refractivity contribution in [3.63, 3.8) is 0 Å². The van der Waals surface area contributed by atoms with E-state index in [1.54, 1.807) is 7.11 Å². The summed E-state index contributed by atoms with van der Waals surface area (Å²) in [5, 5.41) is 4.42. The zero-order chi connectivity index (χ0) is 23.5. The number of benzene rings is 1. The topological polar surface area (TPSA) is 55.7 Å². The highest BCUT2D eigenvalue weighted by Crippen LogP contribution is 2.44. The van der Waals surface area contributed by atoms with Crippen LogP contribution in [0.1, 0.15) is 59.5 Å². The Labute approximate surface area is 205 Å². The fourth-order valence-electron chi connectivity index (χ4n) is 5.19. The maximum absolute atomic E-state index is 13.7. The number of carbonyl (C=O) groups is 1. The van der Waals surface area contributed by atoms with Crippen molar-refractivity contribution in [3.8, 4) is 10.8 Å². The highest BCUT2D eigenvalue weighted by Gasteiger charge is 2.36. The number of hydrogen-bond donors (Lipinski definition) is 1. The molecular formula is C27H33N3O3S. The first-order valence-corrected chi connectivity index (χ1v) is 13.1. The average Bonchev–Trinajstić information content (AvgIpc) is 3.44. The van der Waals surface area contributed by atoms with Crippen LogP contribution in [0, 0.1) is 0 Å². The standard InChI is InChI=1S/C27H33N3O3S/c1-3-33-20-10-6-9-19(17-20)25-23-12-7-15-29(23)26-22(21-11-4-5-13-24(21)34-26)18-30(25)27(31)28-14-8-16-32-2/h6-7,9-10,12,15,17,25H,3-5,8,11,13-14,16,18H2,1-2H3,(H,28,31)/t25-/m1/s1. The van der Waals surface area contributed by atoms with Gasteiger partial charge in [-0.15, -0.1) is 11.3 Å². The minimum absolute atomic E-state index is 0.0423. The fourth-order valence-corrected chi connectivity index (χ4v) is 6.60. The van der Waals surface area contributed by atoms with Crippen molar-refractivity contribution >= 4 is 17.4 Å². The van der Waals surface area contributed by atoms with Crippen LogP contribution < -0.4 is 10.1 Å². The molecule has 2 aromatic heterocycles. The molecule has 1 N–H and O–H groups in total. The number of aromatic nitrogens is 1. The average molecular weight is 480 g/mol. The molecule has 1 aromatic carbocycles. The summed E-state index contributed by atoms with van der Waals surface area (Å²) in [5.74, 6) is 0.829. The Hall–Kier alpha value is -2.77. The summed E-state index contributed by atoms with van der Waals surface area (Å²) in [4.78, 5) is 17.2. The van der Waals surface area contributed by atoms with Crippen molar-refractivity contribution in [2.24, 2.45) is 0 Å². The number of thiophene rings is 1. The van der Waals surface area contributed by atoms with Crippen molar-refractivity contribution in [1.82, 2.24) is 14.8 Å². The number of urea groups is 1. The Morgan fingerprint density at radius 2 is 2.06 bits per heavy atom. The summed E-state index contributed by atoms with van der Waals surface area (Å²) in [6.07, 6.45) is 7.66. The van der Waals surface area contributed by atoms with Crippen LogP contribution in [-0.2, 0) is 24.1 Å². The van der Waals surface area contributed by atoms with E-state index in [2.05, 4.69) is 40.3 Å². The quantitative estimate of drug-likeness (QED) is 0.458. The van der Waals surface area contributed by atoms with Crippen LogP contribution in [-0.4, -0.2) is 42.4 Å². The molecule has 0 radical (unpaired) electrons. The third kappa shape index (κ3) is 4.34. The van der Waals surface area contributed by atoms with E-state index >= 15 is 0 Å². The van der Waals surface area contributed by atoms with E-state index in [0.29, 0.717) is 26.3 Å². The Bertz CT molecular complexity index is 1150. The van der Waals surface area contributed by atoms with E-state index in [0.717, 1.165) is 36.3 Å². The normalized spacial score (nSPS) is 16.9. The van der Waals surface area contributed by atoms with Crippen LogP contribution in [0.2, 0.25) is 0 Å². The van der Waals surface area contributed by atoms with Crippen molar-refractivity contribution in [1.29, 1.82) is 0 Å². The number of aryl methyl sites for hydroxylation is 1. The number of methoxy groups -OCH3 is 1. The van der Waals surface area contributed by atoms with Gasteiger partial charge in [0.1, 0.15) is 10.8 Å². The zero-order valence-corrected chi connectivity index (χ0v) is 20.8. The van der Waals surface area contributed by atoms with Gasteiger partial charge in [-0.2, -0.15) is 0 Å². The number of ether oxygens (including phenoxy) is 2. The predicted molar refractivity (Wildman–Crippen MR) is 135 cm³/mol. The maximum Gasteiger partial charge on any atom is 0.318 e. The van der Waals surface area contributed by atoms with E-state index < -0.39 is 0 Å². The Morgan fingerprint density at radius 3 is 2.91 bits per heavy atom. The molecule has 6 nitrogen and oxygen atoms in total. The highest BCUT2D eigenvalue weighted by atomic mass is 32.1. The molecular weight excluding hydrogens is 446 g/mol. The molecule has 180 valence electrons. The molecule has 34 heavy (non-hydrogen) atoms. The molecule has 1 atom stereocenters. The number of hydrogen-bond acceptors (Lipinski definition) is 4. The summed E-state index contributed by atoms with van der Waals surface area (Å²) in [5.41, 5.74) is 4.94. The number of amides is 2. The van der Waals surface area contributed by atoms with Gasteiger partial charge in [0.05, 0.1) is 24.9 Å². The van der Waals surface area contributed by atoms with Crippen molar-refractivity contribution in [2.45, 2.75) is 51.6 Å². The molecule has 3 aromatic rings. The summed E-state index contributed by atoms with van der Waals surface area (Å²) in [6.45, 7) is 4.42. The van der Waals surface area contributed by atoms with E-state index in [1.807, 2.05) is 35.3 Å². The summed E-state index contributed by atoms with van der Waals surface area (Å²) < 4.78 is 13.3. The van der Waals surface area contributed by atoms with E-state index in [1.165, 1.54) is 33.8 Å². The number of fused-ring (bicyclic) bond motifs is 5. The zero-order valence-electron chi connectivity index (χ0n) is 20.0. The number of nitrogens with zero attached hydrogens (tertiary/aromatic N) is 2. The second-order valence-electron chi connectivity index (χ2n) is 8.91. The smallest absolute Gasteiger partial charge is 0.318 e. The summed E-state index contributed by atoms with van der Waals surface area (Å²) >= 11 is 1.91. The molecule has 0 unspecified atom stereocenters. The van der Waals surface area contributed by atoms with Crippen LogP contribution in [0.4, 0.5) is 4.79 Å². The molecule has 3 heterocycles. The predicted octanol–water partition coefficient (Wildman–Crippen LogP) is 5.47. The van der Waals surface area contributed by atoms with Crippen molar-refractivity contribution in [2.75, 3.05) is 26.9 Å². The lowest BCUT2D eigenvalue weighted by Gasteiger charge is -2.31. The first kappa shape index (κ1) is 23.0. The molecule has 7 heteroatoms. The molecule has 1 aliphatic carbocycles. The van der Waals surface area contributed by atoms with Gasteiger partial charge in [0.2, 0.25) is 0 Å². The van der Waals surface area contributed by atoms with Gasteiger partial charge in [0.25, 0.3) is 0 Å². The summed E-state index contributed by atoms with van der Waals surface area (Å²) in [7, 11) is 1.69. The van der Waals surface area contributed by atoms with E-state index in [4.69, 9.17) is 9.47 Å². The lowest BCUT2D eigenvalue weighted by Crippen LogP contribution is -2.42. The van der Waals surface area contributed by atoms with Crippen molar-refractivity contribution in [3.05, 3.63) is 69.9 Å². The van der Waals surface area contributed by atoms with Crippen LogP contribution in [0.15, 0.2) is 42.6 Å². The third-order valence-corrected chi connectivity index (χ3v) is 8.06. The van der Waals surface area contributed by atoms with Gasteiger partial charge in [-0.3, -0.25) is 0 Å². The maximum atomic E-state index is 13.7. The van der Waals surface area contributed by atoms with Gasteiger partial charge in [-0.1, -0.05) is 12.1 Å². The number of rotatable bonds is 7. The minimum Gasteiger partial charge on any atom is -0.494 e. The molecule has 2 amide bonds. The van der Waals surface area contributed by atoms with Gasteiger partial charge in [-0.25, -0.2) is 4.79 Å². The van der Waals surface area contributed by atoms with E-state index in [9.17, 15) is 4.79 Å². The molecule has 0 bridgehead atoms. The minimum atomic E-state index is -0.211. The molecule has 0 saturated carbocycles. The molecule has 2 aliphatic rings. The molecule has 0 fully saturated rings. The van der Waals surface area contributed by atoms with Gasteiger partial charge >= 0.3 is 6.03 Å². The first-order chi connectivity index (χ1) is 16.7. The largest absolute Gasteiger partial charge is 0.494 e. The van der Waals surface area contributed by atoms with Gasteiger partial charge in [0, 0.05) is 36.9 Å². The Balaban J connectivity index is 1.59. The SMILES string of the molecule is CCOc1cccc([C@@H]2c3cccn3-c3sc4c(c3CN2C(=O)NCCCOC)CCCC4)c1. The Morgan fingerprint density at radius 1 is 1.18 bits per heavy atom. The second kappa shape index (κ2) is 10.2. The number of carbonyl (C=O) groups excluding carboxylic acids is 1. The van der Waals surface area contributed by atoms with E-state index in [-0.39, 0.29) is 12.1 Å². The molecule has 5 rings (SSSR count). The van der Waals surface area contributed by atoms with Crippen LogP contribution in [0.25, 0.3) is 5.00 Å².